The van der Waals surface area contributed by atoms with Crippen molar-refractivity contribution in [2.45, 2.75) is 39.3 Å². The Balaban J connectivity index is 1.52. The summed E-state index contributed by atoms with van der Waals surface area (Å²) in [6.07, 6.45) is -0.122. The molecule has 1 aliphatic rings. The number of carbonyl (C=O) groups is 2. The Kier molecular flexibility index (Phi) is 6.09. The summed E-state index contributed by atoms with van der Waals surface area (Å²) in [5.74, 6) is 0.890. The number of benzene rings is 2. The monoisotopic (exact) mass is 434 g/mol. The molecule has 0 aliphatic carbocycles. The molecule has 2 amide bonds. The van der Waals surface area contributed by atoms with Crippen molar-refractivity contribution in [2.75, 3.05) is 11.9 Å². The van der Waals surface area contributed by atoms with Gasteiger partial charge in [0.05, 0.1) is 12.1 Å². The van der Waals surface area contributed by atoms with Crippen LogP contribution in [0.2, 0.25) is 0 Å². The van der Waals surface area contributed by atoms with E-state index in [2.05, 4.69) is 19.2 Å². The number of fused-ring (bicyclic) bond motifs is 1. The van der Waals surface area contributed by atoms with Crippen LogP contribution in [0.5, 0.6) is 5.75 Å². The summed E-state index contributed by atoms with van der Waals surface area (Å²) < 4.78 is 5.97. The van der Waals surface area contributed by atoms with E-state index in [9.17, 15) is 9.59 Å². The third-order valence-corrected chi connectivity index (χ3v) is 6.22. The molecule has 5 nitrogen and oxygen atoms in total. The molecule has 1 unspecified atom stereocenters. The smallest absolute Gasteiger partial charge is 0.257 e. The zero-order valence-corrected chi connectivity index (χ0v) is 18.7. The molecule has 31 heavy (non-hydrogen) atoms. The Bertz CT molecular complexity index is 1090. The second kappa shape index (κ2) is 8.94. The number of ether oxygens (including phenoxy) is 1. The third-order valence-electron chi connectivity index (χ3n) is 5.39. The fraction of sp³-hybridized carbons (Fsp3) is 0.280. The number of carbonyl (C=O) groups excluding carboxylic acids is 2. The summed E-state index contributed by atoms with van der Waals surface area (Å²) in [4.78, 5) is 27.9. The van der Waals surface area contributed by atoms with E-state index in [-0.39, 0.29) is 17.9 Å². The molecule has 2 heterocycles. The van der Waals surface area contributed by atoms with Gasteiger partial charge in [-0.3, -0.25) is 9.59 Å². The largest absolute Gasteiger partial charge is 0.489 e. The summed E-state index contributed by atoms with van der Waals surface area (Å²) >= 11 is 1.35. The number of nitrogens with one attached hydrogen (secondary N) is 1. The number of para-hydroxylation sites is 1. The molecule has 1 N–H and O–H groups in total. The van der Waals surface area contributed by atoms with Crippen LogP contribution in [-0.2, 0) is 6.54 Å². The lowest BCUT2D eigenvalue weighted by Gasteiger charge is -2.22. The highest BCUT2D eigenvalue weighted by Gasteiger charge is 2.27. The lowest BCUT2D eigenvalue weighted by atomic mass is 10.0. The van der Waals surface area contributed by atoms with Gasteiger partial charge in [-0.15, -0.1) is 11.3 Å². The molecule has 1 aliphatic heterocycles. The van der Waals surface area contributed by atoms with Crippen LogP contribution in [0.1, 0.15) is 58.5 Å². The number of nitrogens with zero attached hydrogens (tertiary/aromatic N) is 1. The fourth-order valence-electron chi connectivity index (χ4n) is 3.68. The van der Waals surface area contributed by atoms with Crippen LogP contribution in [0.15, 0.2) is 60.0 Å². The minimum absolute atomic E-state index is 0.112. The van der Waals surface area contributed by atoms with Crippen molar-refractivity contribution in [2.24, 2.45) is 0 Å². The van der Waals surface area contributed by atoms with Gasteiger partial charge in [-0.2, -0.15) is 0 Å². The van der Waals surface area contributed by atoms with Crippen LogP contribution in [0.3, 0.4) is 0 Å². The molecule has 4 rings (SSSR count). The first-order valence-electron chi connectivity index (χ1n) is 10.4. The molecule has 0 saturated carbocycles. The Hall–Kier alpha value is -3.12. The van der Waals surface area contributed by atoms with E-state index < -0.39 is 0 Å². The average Bonchev–Trinajstić information content (AvgIpc) is 3.14. The first kappa shape index (κ1) is 21.1. The molecule has 0 saturated heterocycles. The number of amides is 2. The number of anilines is 1. The minimum atomic E-state index is -0.218. The van der Waals surface area contributed by atoms with Gasteiger partial charge in [-0.25, -0.2) is 0 Å². The SMILES string of the molecule is CC1CN(C(=O)c2ccsc2NC(=O)c2ccc(C(C)C)cc2)Cc2ccccc2O1. The summed E-state index contributed by atoms with van der Waals surface area (Å²) in [5, 5.41) is 5.32. The molecule has 0 radical (unpaired) electrons. The number of rotatable bonds is 4. The first-order valence-corrected chi connectivity index (χ1v) is 11.3. The van der Waals surface area contributed by atoms with Crippen molar-refractivity contribution in [1.82, 2.24) is 4.90 Å². The van der Waals surface area contributed by atoms with Gasteiger partial charge in [-0.1, -0.05) is 44.2 Å². The summed E-state index contributed by atoms with van der Waals surface area (Å²) in [6.45, 7) is 7.14. The Labute approximate surface area is 186 Å². The third kappa shape index (κ3) is 4.64. The highest BCUT2D eigenvalue weighted by molar-refractivity contribution is 7.14. The Morgan fingerprint density at radius 1 is 1.10 bits per heavy atom. The van der Waals surface area contributed by atoms with Gasteiger partial charge < -0.3 is 15.0 Å². The molecular formula is C25H26N2O3S. The fourth-order valence-corrected chi connectivity index (χ4v) is 4.45. The van der Waals surface area contributed by atoms with Crippen LogP contribution in [0, 0.1) is 0 Å². The second-order valence-electron chi connectivity index (χ2n) is 8.12. The van der Waals surface area contributed by atoms with E-state index in [1.165, 1.54) is 16.9 Å². The predicted octanol–water partition coefficient (Wildman–Crippen LogP) is 5.55. The van der Waals surface area contributed by atoms with Gasteiger partial charge in [-0.05, 0) is 48.1 Å². The van der Waals surface area contributed by atoms with Crippen molar-refractivity contribution in [3.63, 3.8) is 0 Å². The van der Waals surface area contributed by atoms with Gasteiger partial charge in [0, 0.05) is 17.7 Å². The molecule has 1 aromatic heterocycles. The lowest BCUT2D eigenvalue weighted by molar-refractivity contribution is 0.0692. The van der Waals surface area contributed by atoms with Crippen molar-refractivity contribution in [1.29, 1.82) is 0 Å². The molecule has 0 fully saturated rings. The number of hydrogen-bond acceptors (Lipinski definition) is 4. The maximum atomic E-state index is 13.4. The van der Waals surface area contributed by atoms with E-state index in [1.54, 1.807) is 11.0 Å². The maximum Gasteiger partial charge on any atom is 0.257 e. The highest BCUT2D eigenvalue weighted by Crippen LogP contribution is 2.29. The van der Waals surface area contributed by atoms with Gasteiger partial charge in [0.2, 0.25) is 0 Å². The van der Waals surface area contributed by atoms with Crippen LogP contribution in [0.4, 0.5) is 5.00 Å². The van der Waals surface area contributed by atoms with Crippen LogP contribution >= 0.6 is 11.3 Å². The standard InChI is InChI=1S/C25H26N2O3S/c1-16(2)18-8-10-19(11-9-18)23(28)26-24-21(12-13-31-24)25(29)27-14-17(3)30-22-7-5-4-6-20(22)15-27/h4-13,16-17H,14-15H2,1-3H3,(H,26,28). The minimum Gasteiger partial charge on any atom is -0.489 e. The number of thiophene rings is 1. The maximum absolute atomic E-state index is 13.4. The van der Waals surface area contributed by atoms with Gasteiger partial charge in [0.15, 0.2) is 0 Å². The zero-order chi connectivity index (χ0) is 22.0. The van der Waals surface area contributed by atoms with Crippen LogP contribution in [-0.4, -0.2) is 29.4 Å². The van der Waals surface area contributed by atoms with E-state index in [4.69, 9.17) is 4.74 Å². The van der Waals surface area contributed by atoms with Gasteiger partial charge >= 0.3 is 0 Å². The van der Waals surface area contributed by atoms with Crippen molar-refractivity contribution in [3.05, 3.63) is 82.2 Å². The first-order chi connectivity index (χ1) is 14.9. The second-order valence-corrected chi connectivity index (χ2v) is 9.03. The topological polar surface area (TPSA) is 58.6 Å². The van der Waals surface area contributed by atoms with E-state index in [0.717, 1.165) is 11.3 Å². The predicted molar refractivity (Wildman–Crippen MR) is 124 cm³/mol. The van der Waals surface area contributed by atoms with Gasteiger partial charge in [0.1, 0.15) is 16.9 Å². The molecule has 160 valence electrons. The van der Waals surface area contributed by atoms with Crippen LogP contribution in [0.25, 0.3) is 0 Å². The normalized spacial score (nSPS) is 15.7. The van der Waals surface area contributed by atoms with Crippen LogP contribution < -0.4 is 10.1 Å². The molecule has 3 aromatic rings. The van der Waals surface area contributed by atoms with Crippen molar-refractivity contribution >= 4 is 28.2 Å². The van der Waals surface area contributed by atoms with Crippen molar-refractivity contribution < 1.29 is 14.3 Å². The molecule has 1 atom stereocenters. The molecule has 0 spiro atoms. The zero-order valence-electron chi connectivity index (χ0n) is 17.9. The quantitative estimate of drug-likeness (QED) is 0.586. The molecule has 2 aromatic carbocycles. The van der Waals surface area contributed by atoms with E-state index in [1.807, 2.05) is 60.8 Å². The molecular weight excluding hydrogens is 408 g/mol. The average molecular weight is 435 g/mol. The summed E-state index contributed by atoms with van der Waals surface area (Å²) in [7, 11) is 0. The molecule has 6 heteroatoms. The van der Waals surface area contributed by atoms with E-state index in [0.29, 0.717) is 35.1 Å². The summed E-state index contributed by atoms with van der Waals surface area (Å²) in [6, 6.07) is 17.1. The van der Waals surface area contributed by atoms with E-state index >= 15 is 0 Å². The van der Waals surface area contributed by atoms with Gasteiger partial charge in [0.25, 0.3) is 11.8 Å². The summed E-state index contributed by atoms with van der Waals surface area (Å²) in [5.41, 5.74) is 3.23. The Morgan fingerprint density at radius 3 is 2.58 bits per heavy atom. The Morgan fingerprint density at radius 2 is 1.84 bits per heavy atom. The number of hydrogen-bond donors (Lipinski definition) is 1. The molecule has 0 bridgehead atoms. The van der Waals surface area contributed by atoms with Crippen molar-refractivity contribution in [3.8, 4) is 5.75 Å². The lowest BCUT2D eigenvalue weighted by Crippen LogP contribution is -2.36. The highest BCUT2D eigenvalue weighted by atomic mass is 32.1.